The maximum Gasteiger partial charge on any atom is 0.490 e. The minimum Gasteiger partial charge on any atom is -0.475 e. The number of carbonyl (C=O) groups is 1. The Balaban J connectivity index is 0.000000405. The van der Waals surface area contributed by atoms with Crippen molar-refractivity contribution < 1.29 is 23.1 Å². The van der Waals surface area contributed by atoms with Crippen LogP contribution in [0.25, 0.3) is 21.8 Å². The van der Waals surface area contributed by atoms with Crippen LogP contribution in [0.1, 0.15) is 30.1 Å². The number of hydrogen-bond donors (Lipinski definition) is 3. The zero-order valence-electron chi connectivity index (χ0n) is 19.4. The molecule has 0 unspecified atom stereocenters. The second-order valence-electron chi connectivity index (χ2n) is 8.76. The number of aromatic nitrogens is 3. The highest BCUT2D eigenvalue weighted by Gasteiger charge is 2.38. The predicted octanol–water partition coefficient (Wildman–Crippen LogP) is 5.77. The summed E-state index contributed by atoms with van der Waals surface area (Å²) in [7, 11) is 0. The normalized spacial score (nSPS) is 15.1. The van der Waals surface area contributed by atoms with Gasteiger partial charge < -0.3 is 20.0 Å². The SMILES string of the molecule is O=C(O)C(F)(F)F.O=c1[nH]c(C2CCN(CCc3c[nH]c4cc(Cl)ccc34)CC2)nc2cccc(Cl)c12. The first-order valence-corrected chi connectivity index (χ1v) is 12.2. The predicted molar refractivity (Wildman–Crippen MR) is 136 cm³/mol. The number of aromatic amines is 2. The van der Waals surface area contributed by atoms with Gasteiger partial charge in [0.15, 0.2) is 0 Å². The van der Waals surface area contributed by atoms with Crippen molar-refractivity contribution in [1.82, 2.24) is 19.9 Å². The zero-order chi connectivity index (χ0) is 26.7. The quantitative estimate of drug-likeness (QED) is 0.297. The van der Waals surface area contributed by atoms with E-state index in [0.29, 0.717) is 15.9 Å². The van der Waals surface area contributed by atoms with E-state index in [1.807, 2.05) is 24.3 Å². The summed E-state index contributed by atoms with van der Waals surface area (Å²) < 4.78 is 31.7. The summed E-state index contributed by atoms with van der Waals surface area (Å²) in [6, 6.07) is 11.4. The van der Waals surface area contributed by atoms with Crippen LogP contribution in [-0.4, -0.2) is 56.7 Å². The number of piperidine rings is 1. The Morgan fingerprint density at radius 2 is 1.86 bits per heavy atom. The molecule has 1 fully saturated rings. The summed E-state index contributed by atoms with van der Waals surface area (Å²) in [4.78, 5) is 34.9. The van der Waals surface area contributed by atoms with Crippen LogP contribution >= 0.6 is 23.2 Å². The molecule has 0 bridgehead atoms. The molecule has 1 aliphatic rings. The molecule has 0 atom stereocenters. The van der Waals surface area contributed by atoms with Crippen molar-refractivity contribution in [2.45, 2.75) is 31.4 Å². The topological polar surface area (TPSA) is 102 Å². The Bertz CT molecular complexity index is 1480. The third kappa shape index (κ3) is 6.44. The van der Waals surface area contributed by atoms with Crippen LogP contribution in [0.3, 0.4) is 0 Å². The summed E-state index contributed by atoms with van der Waals surface area (Å²) in [6.45, 7) is 3.01. The van der Waals surface area contributed by atoms with Gasteiger partial charge in [0.05, 0.1) is 15.9 Å². The lowest BCUT2D eigenvalue weighted by Crippen LogP contribution is -2.35. The Kier molecular flexibility index (Phi) is 8.11. The van der Waals surface area contributed by atoms with Gasteiger partial charge in [-0.25, -0.2) is 9.78 Å². The molecule has 2 aromatic carbocycles. The van der Waals surface area contributed by atoms with Gasteiger partial charge in [-0.05, 0) is 62.2 Å². The summed E-state index contributed by atoms with van der Waals surface area (Å²) >= 11 is 12.2. The lowest BCUT2D eigenvalue weighted by Gasteiger charge is -2.31. The van der Waals surface area contributed by atoms with Crippen molar-refractivity contribution in [1.29, 1.82) is 0 Å². The van der Waals surface area contributed by atoms with Gasteiger partial charge in [-0.2, -0.15) is 13.2 Å². The van der Waals surface area contributed by atoms with Gasteiger partial charge in [0.25, 0.3) is 5.56 Å². The van der Waals surface area contributed by atoms with Gasteiger partial charge in [0.2, 0.25) is 0 Å². The molecule has 0 aliphatic carbocycles. The van der Waals surface area contributed by atoms with E-state index in [1.165, 1.54) is 10.9 Å². The van der Waals surface area contributed by atoms with Gasteiger partial charge in [0, 0.05) is 34.6 Å². The van der Waals surface area contributed by atoms with Crippen LogP contribution < -0.4 is 5.56 Å². The standard InChI is InChI=1S/C23H22Cl2N4O.C2HF3O2/c24-16-4-5-17-15(13-26-20(17)12-16)8-11-29-9-6-14(7-10-29)22-27-19-3-1-2-18(25)21(19)23(30)28-22;3-2(4,5)1(6)7/h1-5,12-14,26H,6-11H2,(H,27,28,30);(H,6,7). The average Bonchev–Trinajstić information content (AvgIpc) is 3.24. The largest absolute Gasteiger partial charge is 0.490 e. The summed E-state index contributed by atoms with van der Waals surface area (Å²) in [5.74, 6) is -1.71. The van der Waals surface area contributed by atoms with E-state index in [-0.39, 0.29) is 11.5 Å². The minimum absolute atomic E-state index is 0.150. The maximum absolute atomic E-state index is 12.5. The van der Waals surface area contributed by atoms with Crippen molar-refractivity contribution in [3.05, 3.63) is 74.4 Å². The number of likely N-dealkylation sites (tertiary alicyclic amines) is 1. The lowest BCUT2D eigenvalue weighted by molar-refractivity contribution is -0.192. The number of fused-ring (bicyclic) bond motifs is 2. The van der Waals surface area contributed by atoms with E-state index in [1.54, 1.807) is 6.07 Å². The molecule has 12 heteroatoms. The molecule has 4 aromatic rings. The van der Waals surface area contributed by atoms with E-state index < -0.39 is 12.1 Å². The van der Waals surface area contributed by atoms with Crippen LogP contribution in [0.15, 0.2) is 47.4 Å². The smallest absolute Gasteiger partial charge is 0.475 e. The molecule has 0 amide bonds. The number of nitrogens with zero attached hydrogens (tertiary/aromatic N) is 2. The van der Waals surface area contributed by atoms with Crippen molar-refractivity contribution in [3.63, 3.8) is 0 Å². The number of alkyl halides is 3. The highest BCUT2D eigenvalue weighted by molar-refractivity contribution is 6.35. The Hall–Kier alpha value is -3.08. The second kappa shape index (κ2) is 11.1. The number of nitrogens with one attached hydrogen (secondary N) is 2. The number of benzene rings is 2. The Labute approximate surface area is 219 Å². The summed E-state index contributed by atoms with van der Waals surface area (Å²) in [5, 5.41) is 10.0. The Morgan fingerprint density at radius 3 is 2.54 bits per heavy atom. The van der Waals surface area contributed by atoms with Gasteiger partial charge in [-0.1, -0.05) is 35.3 Å². The van der Waals surface area contributed by atoms with E-state index in [4.69, 9.17) is 38.1 Å². The van der Waals surface area contributed by atoms with Gasteiger partial charge in [-0.15, -0.1) is 0 Å². The molecule has 1 aliphatic heterocycles. The molecule has 3 heterocycles. The van der Waals surface area contributed by atoms with E-state index in [0.717, 1.165) is 55.3 Å². The fourth-order valence-corrected chi connectivity index (χ4v) is 4.86. The third-order valence-corrected chi connectivity index (χ3v) is 6.89. The number of rotatable bonds is 4. The molecular formula is C25H23Cl2F3N4O3. The van der Waals surface area contributed by atoms with Crippen LogP contribution in [0.4, 0.5) is 13.2 Å². The third-order valence-electron chi connectivity index (χ3n) is 6.34. The number of aliphatic carboxylic acids is 1. The number of carboxylic acids is 1. The molecule has 196 valence electrons. The summed E-state index contributed by atoms with van der Waals surface area (Å²) in [5.41, 5.74) is 2.93. The molecule has 0 radical (unpaired) electrons. The fourth-order valence-electron chi connectivity index (χ4n) is 4.43. The van der Waals surface area contributed by atoms with Crippen LogP contribution in [0.2, 0.25) is 10.0 Å². The number of H-pyrrole nitrogens is 2. The van der Waals surface area contributed by atoms with Crippen molar-refractivity contribution in [2.75, 3.05) is 19.6 Å². The number of carboxylic acid groups (broad SMARTS) is 1. The van der Waals surface area contributed by atoms with E-state index in [2.05, 4.69) is 27.1 Å². The lowest BCUT2D eigenvalue weighted by atomic mass is 9.95. The maximum atomic E-state index is 12.5. The molecule has 3 N–H and O–H groups in total. The molecule has 2 aromatic heterocycles. The molecule has 7 nitrogen and oxygen atoms in total. The van der Waals surface area contributed by atoms with Crippen LogP contribution in [-0.2, 0) is 11.2 Å². The monoisotopic (exact) mass is 554 g/mol. The first kappa shape index (κ1) is 27.0. The molecule has 1 saturated heterocycles. The first-order valence-electron chi connectivity index (χ1n) is 11.5. The fraction of sp³-hybridized carbons (Fsp3) is 0.320. The average molecular weight is 555 g/mol. The number of hydrogen-bond acceptors (Lipinski definition) is 4. The molecular weight excluding hydrogens is 532 g/mol. The van der Waals surface area contributed by atoms with Crippen LogP contribution in [0, 0.1) is 0 Å². The van der Waals surface area contributed by atoms with Gasteiger partial charge in [0.1, 0.15) is 5.82 Å². The Morgan fingerprint density at radius 1 is 1.16 bits per heavy atom. The molecule has 0 saturated carbocycles. The summed E-state index contributed by atoms with van der Waals surface area (Å²) in [6.07, 6.45) is -0.0323. The number of halogens is 5. The van der Waals surface area contributed by atoms with Crippen molar-refractivity contribution in [3.8, 4) is 0 Å². The second-order valence-corrected chi connectivity index (χ2v) is 9.60. The highest BCUT2D eigenvalue weighted by atomic mass is 35.5. The highest BCUT2D eigenvalue weighted by Crippen LogP contribution is 2.28. The minimum atomic E-state index is -5.08. The van der Waals surface area contributed by atoms with Gasteiger partial charge in [-0.3, -0.25) is 4.79 Å². The first-order chi connectivity index (χ1) is 17.5. The van der Waals surface area contributed by atoms with E-state index in [9.17, 15) is 18.0 Å². The van der Waals surface area contributed by atoms with Crippen molar-refractivity contribution in [2.24, 2.45) is 0 Å². The molecule has 37 heavy (non-hydrogen) atoms. The molecule has 5 rings (SSSR count). The van der Waals surface area contributed by atoms with Gasteiger partial charge >= 0.3 is 12.1 Å². The van der Waals surface area contributed by atoms with Crippen molar-refractivity contribution >= 4 is 51.0 Å². The molecule has 0 spiro atoms. The van der Waals surface area contributed by atoms with E-state index >= 15 is 0 Å². The van der Waals surface area contributed by atoms with Crippen LogP contribution in [0.5, 0.6) is 0 Å². The zero-order valence-corrected chi connectivity index (χ0v) is 20.9.